The van der Waals surface area contributed by atoms with Gasteiger partial charge in [0.25, 0.3) is 0 Å². The highest BCUT2D eigenvalue weighted by Gasteiger charge is 2.27. The topological polar surface area (TPSA) is 46.2 Å². The number of aromatic hydroxyl groups is 1. The van der Waals surface area contributed by atoms with Gasteiger partial charge in [-0.3, -0.25) is 0 Å². The third-order valence-corrected chi connectivity index (χ3v) is 3.11. The molecule has 0 saturated heterocycles. The van der Waals surface area contributed by atoms with Crippen LogP contribution < -0.4 is 5.73 Å². The minimum atomic E-state index is -0.365. The molecule has 1 atom stereocenters. The van der Waals surface area contributed by atoms with E-state index in [0.29, 0.717) is 5.75 Å². The van der Waals surface area contributed by atoms with Crippen molar-refractivity contribution in [3.63, 3.8) is 0 Å². The number of rotatable bonds is 6. The average Bonchev–Trinajstić information content (AvgIpc) is 2.27. The molecule has 90 valence electrons. The lowest BCUT2D eigenvalue weighted by Crippen LogP contribution is -2.36. The molecule has 2 heteroatoms. The van der Waals surface area contributed by atoms with Gasteiger partial charge in [-0.15, -0.1) is 0 Å². The number of benzene rings is 1. The zero-order valence-corrected chi connectivity index (χ0v) is 10.4. The molecule has 0 radical (unpaired) electrons. The summed E-state index contributed by atoms with van der Waals surface area (Å²) in [5, 5.41) is 9.89. The summed E-state index contributed by atoms with van der Waals surface area (Å²) >= 11 is 0. The van der Waals surface area contributed by atoms with Crippen molar-refractivity contribution in [2.45, 2.75) is 51.5 Å². The lowest BCUT2D eigenvalue weighted by Gasteiger charge is -2.30. The zero-order chi connectivity index (χ0) is 12.0. The Bertz CT molecular complexity index is 324. The molecule has 0 saturated carbocycles. The Morgan fingerprint density at radius 3 is 2.38 bits per heavy atom. The highest BCUT2D eigenvalue weighted by Crippen LogP contribution is 2.34. The molecule has 2 nitrogen and oxygen atoms in total. The van der Waals surface area contributed by atoms with Crippen LogP contribution in [0, 0.1) is 0 Å². The maximum atomic E-state index is 9.89. The Morgan fingerprint density at radius 2 is 1.81 bits per heavy atom. The van der Waals surface area contributed by atoms with Gasteiger partial charge in [-0.25, -0.2) is 0 Å². The maximum absolute atomic E-state index is 9.89. The number of phenolic OH excluding ortho intramolecular Hbond substituents is 1. The molecule has 1 aromatic carbocycles. The molecular formula is C14H23NO. The second-order valence-corrected chi connectivity index (χ2v) is 4.53. The van der Waals surface area contributed by atoms with Gasteiger partial charge in [0.1, 0.15) is 5.75 Å². The first kappa shape index (κ1) is 13.0. The summed E-state index contributed by atoms with van der Waals surface area (Å²) in [6.07, 6.45) is 5.13. The summed E-state index contributed by atoms with van der Waals surface area (Å²) in [7, 11) is 0. The minimum absolute atomic E-state index is 0.328. The Morgan fingerprint density at radius 1 is 1.12 bits per heavy atom. The molecule has 0 aliphatic rings. The van der Waals surface area contributed by atoms with Gasteiger partial charge < -0.3 is 10.8 Å². The van der Waals surface area contributed by atoms with Gasteiger partial charge in [-0.05, 0) is 18.9 Å². The number of phenols is 1. The molecule has 1 aromatic rings. The van der Waals surface area contributed by atoms with E-state index >= 15 is 0 Å². The Kier molecular flexibility index (Phi) is 4.81. The van der Waals surface area contributed by atoms with Crippen LogP contribution in [0.25, 0.3) is 0 Å². The second kappa shape index (κ2) is 5.90. The molecule has 0 aliphatic carbocycles. The Balaban J connectivity index is 2.96. The monoisotopic (exact) mass is 221 g/mol. The highest BCUT2D eigenvalue weighted by atomic mass is 16.3. The van der Waals surface area contributed by atoms with Crippen molar-refractivity contribution in [2.75, 3.05) is 0 Å². The molecule has 0 fully saturated rings. The quantitative estimate of drug-likeness (QED) is 0.771. The SMILES string of the molecule is CCCCC(N)(CCC)c1ccccc1O. The first-order valence-electron chi connectivity index (χ1n) is 6.21. The van der Waals surface area contributed by atoms with E-state index in [0.717, 1.165) is 37.7 Å². The first-order valence-corrected chi connectivity index (χ1v) is 6.21. The van der Waals surface area contributed by atoms with Crippen LogP contribution in [-0.2, 0) is 5.54 Å². The largest absolute Gasteiger partial charge is 0.508 e. The smallest absolute Gasteiger partial charge is 0.120 e. The Hall–Kier alpha value is -1.02. The summed E-state index contributed by atoms with van der Waals surface area (Å²) in [6, 6.07) is 7.45. The van der Waals surface area contributed by atoms with Crippen LogP contribution in [0.3, 0.4) is 0 Å². The fourth-order valence-corrected chi connectivity index (χ4v) is 2.23. The average molecular weight is 221 g/mol. The summed E-state index contributed by atoms with van der Waals surface area (Å²) < 4.78 is 0. The van der Waals surface area contributed by atoms with Gasteiger partial charge >= 0.3 is 0 Å². The molecule has 1 unspecified atom stereocenters. The molecule has 0 aromatic heterocycles. The number of para-hydroxylation sites is 1. The van der Waals surface area contributed by atoms with Gasteiger partial charge in [0.05, 0.1) is 0 Å². The van der Waals surface area contributed by atoms with Crippen molar-refractivity contribution in [1.82, 2.24) is 0 Å². The van der Waals surface area contributed by atoms with E-state index < -0.39 is 0 Å². The van der Waals surface area contributed by atoms with Crippen LogP contribution in [-0.4, -0.2) is 5.11 Å². The van der Waals surface area contributed by atoms with Crippen molar-refractivity contribution in [3.05, 3.63) is 29.8 Å². The van der Waals surface area contributed by atoms with Crippen LogP contribution >= 0.6 is 0 Å². The lowest BCUT2D eigenvalue weighted by atomic mass is 9.82. The highest BCUT2D eigenvalue weighted by molar-refractivity contribution is 5.37. The van der Waals surface area contributed by atoms with Crippen molar-refractivity contribution >= 4 is 0 Å². The van der Waals surface area contributed by atoms with Crippen molar-refractivity contribution < 1.29 is 5.11 Å². The van der Waals surface area contributed by atoms with Crippen LogP contribution in [0.5, 0.6) is 5.75 Å². The van der Waals surface area contributed by atoms with Gasteiger partial charge in [0.2, 0.25) is 0 Å². The number of nitrogens with two attached hydrogens (primary N) is 1. The summed E-state index contributed by atoms with van der Waals surface area (Å²) in [6.45, 7) is 4.30. The predicted molar refractivity (Wildman–Crippen MR) is 68.4 cm³/mol. The van der Waals surface area contributed by atoms with Gasteiger partial charge in [0.15, 0.2) is 0 Å². The van der Waals surface area contributed by atoms with Crippen molar-refractivity contribution in [3.8, 4) is 5.75 Å². The molecule has 1 rings (SSSR count). The van der Waals surface area contributed by atoms with Crippen molar-refractivity contribution in [1.29, 1.82) is 0 Å². The zero-order valence-electron chi connectivity index (χ0n) is 10.4. The number of hydrogen-bond donors (Lipinski definition) is 2. The lowest BCUT2D eigenvalue weighted by molar-refractivity contribution is 0.343. The molecule has 0 bridgehead atoms. The van der Waals surface area contributed by atoms with Crippen LogP contribution in [0.1, 0.15) is 51.5 Å². The molecule has 0 amide bonds. The van der Waals surface area contributed by atoms with Gasteiger partial charge in [-0.2, -0.15) is 0 Å². The third-order valence-electron chi connectivity index (χ3n) is 3.11. The predicted octanol–water partition coefficient (Wildman–Crippen LogP) is 3.54. The Labute approximate surface area is 98.5 Å². The molecule has 0 heterocycles. The minimum Gasteiger partial charge on any atom is -0.508 e. The number of unbranched alkanes of at least 4 members (excludes halogenated alkanes) is 1. The fraction of sp³-hybridized carbons (Fsp3) is 0.571. The summed E-state index contributed by atoms with van der Waals surface area (Å²) in [4.78, 5) is 0. The van der Waals surface area contributed by atoms with Crippen LogP contribution in [0.2, 0.25) is 0 Å². The first-order chi connectivity index (χ1) is 7.64. The van der Waals surface area contributed by atoms with Crippen molar-refractivity contribution in [2.24, 2.45) is 5.73 Å². The van der Waals surface area contributed by atoms with Crippen LogP contribution in [0.15, 0.2) is 24.3 Å². The molecular weight excluding hydrogens is 198 g/mol. The normalized spacial score (nSPS) is 14.7. The molecule has 16 heavy (non-hydrogen) atoms. The molecule has 0 aliphatic heterocycles. The summed E-state index contributed by atoms with van der Waals surface area (Å²) in [5.74, 6) is 0.328. The molecule has 0 spiro atoms. The van der Waals surface area contributed by atoms with E-state index in [1.807, 2.05) is 18.2 Å². The van der Waals surface area contributed by atoms with Gasteiger partial charge in [-0.1, -0.05) is 51.3 Å². The van der Waals surface area contributed by atoms with E-state index in [1.54, 1.807) is 6.07 Å². The fourth-order valence-electron chi connectivity index (χ4n) is 2.23. The molecule has 3 N–H and O–H groups in total. The van der Waals surface area contributed by atoms with Crippen LogP contribution in [0.4, 0.5) is 0 Å². The van der Waals surface area contributed by atoms with E-state index in [1.165, 1.54) is 0 Å². The van der Waals surface area contributed by atoms with E-state index in [2.05, 4.69) is 13.8 Å². The number of hydrogen-bond acceptors (Lipinski definition) is 2. The van der Waals surface area contributed by atoms with Gasteiger partial charge in [0, 0.05) is 11.1 Å². The van der Waals surface area contributed by atoms with E-state index in [4.69, 9.17) is 5.73 Å². The standard InChI is InChI=1S/C14H23NO/c1-3-5-11-14(15,10-4-2)12-8-6-7-9-13(12)16/h6-9,16H,3-5,10-11,15H2,1-2H3. The second-order valence-electron chi connectivity index (χ2n) is 4.53. The summed E-state index contributed by atoms with van der Waals surface area (Å²) in [5.41, 5.74) is 6.99. The van der Waals surface area contributed by atoms with E-state index in [9.17, 15) is 5.11 Å². The maximum Gasteiger partial charge on any atom is 0.120 e. The van der Waals surface area contributed by atoms with E-state index in [-0.39, 0.29) is 5.54 Å². The third kappa shape index (κ3) is 2.99.